The Morgan fingerprint density at radius 2 is 1.61 bits per heavy atom. The number of ether oxygens (including phenoxy) is 3. The molecule has 1 amide bonds. The van der Waals surface area contributed by atoms with Gasteiger partial charge in [0.2, 0.25) is 0 Å². The average Bonchev–Trinajstić information content (AvgIpc) is 2.60. The monoisotopic (exact) mass is 418 g/mol. The van der Waals surface area contributed by atoms with Crippen molar-refractivity contribution < 1.29 is 23.8 Å². The van der Waals surface area contributed by atoms with E-state index in [0.717, 1.165) is 45.1 Å². The molecular weight excluding hydrogens is 376 g/mol. The van der Waals surface area contributed by atoms with Gasteiger partial charge in [-0.1, -0.05) is 44.9 Å². The number of hydrogen-bond donors (Lipinski definition) is 2. The molecule has 0 radical (unpaired) electrons. The molecule has 1 atom stereocenters. The van der Waals surface area contributed by atoms with E-state index in [9.17, 15) is 9.59 Å². The molecule has 0 fully saturated rings. The Morgan fingerprint density at radius 3 is 2.21 bits per heavy atom. The third-order valence-corrected chi connectivity index (χ3v) is 5.98. The molecule has 0 aliphatic heterocycles. The summed E-state index contributed by atoms with van der Waals surface area (Å²) in [5.74, 6) is -0.405. The number of carbonyl (C=O) groups is 2. The molecule has 0 aliphatic rings. The third kappa shape index (κ3) is 19.6. The molecule has 166 valence electrons. The summed E-state index contributed by atoms with van der Waals surface area (Å²) in [6.45, 7) is 10.9. The minimum atomic E-state index is -1.00. The molecule has 0 aromatic heterocycles. The van der Waals surface area contributed by atoms with Crippen LogP contribution in [-0.4, -0.2) is 66.2 Å². The van der Waals surface area contributed by atoms with Gasteiger partial charge in [0.05, 0.1) is 6.61 Å². The number of unbranched alkanes of at least 4 members (excludes halogenated alkanes) is 4. The Kier molecular flexibility index (Phi) is 16.1. The van der Waals surface area contributed by atoms with Crippen LogP contribution in [0.5, 0.6) is 0 Å². The Balaban J connectivity index is 3.86. The number of hydrogen-bond acceptors (Lipinski definition) is 6. The predicted octanol–water partition coefficient (Wildman–Crippen LogP) is 3.56. The number of carbonyl (C=O) groups excluding carboxylic acids is 2. The predicted molar refractivity (Wildman–Crippen MR) is 116 cm³/mol. The molecule has 0 aromatic rings. The normalized spacial score (nSPS) is 12.5. The molecular formula is C20H42N2O5Si. The van der Waals surface area contributed by atoms with Crippen LogP contribution in [0.1, 0.15) is 45.4 Å². The maximum Gasteiger partial charge on any atom is 0.407 e. The van der Waals surface area contributed by atoms with Crippen molar-refractivity contribution in [2.45, 2.75) is 77.2 Å². The maximum atomic E-state index is 11.8. The highest BCUT2D eigenvalue weighted by atomic mass is 28.3. The standard InChI is InChI=1S/C20H42N2O5Si/c1-18(23)27-19(16-25-14-10-11-15-28(3,4)5)17-26-20(24)22-13-9-7-6-8-12-21-2/h19,21H,6-17H2,1-5H3,(H,22,24). The second-order valence-corrected chi connectivity index (χ2v) is 14.0. The zero-order valence-electron chi connectivity index (χ0n) is 18.6. The zero-order chi connectivity index (χ0) is 21.3. The van der Waals surface area contributed by atoms with E-state index < -0.39 is 26.2 Å². The van der Waals surface area contributed by atoms with Crippen LogP contribution in [0, 0.1) is 0 Å². The fraction of sp³-hybridized carbons (Fsp3) is 0.900. The lowest BCUT2D eigenvalue weighted by atomic mass is 10.2. The van der Waals surface area contributed by atoms with E-state index in [2.05, 4.69) is 30.3 Å². The smallest absolute Gasteiger partial charge is 0.407 e. The van der Waals surface area contributed by atoms with Gasteiger partial charge in [0.25, 0.3) is 0 Å². The Morgan fingerprint density at radius 1 is 0.929 bits per heavy atom. The van der Waals surface area contributed by atoms with Crippen molar-refractivity contribution in [3.05, 3.63) is 0 Å². The first-order valence-electron chi connectivity index (χ1n) is 10.5. The van der Waals surface area contributed by atoms with Crippen molar-refractivity contribution in [2.24, 2.45) is 0 Å². The lowest BCUT2D eigenvalue weighted by molar-refractivity contribution is -0.152. The summed E-state index contributed by atoms with van der Waals surface area (Å²) in [4.78, 5) is 23.0. The SMILES string of the molecule is CNCCCCCCNC(=O)OCC(COCCCC[Si](C)(C)C)OC(C)=O. The first-order valence-corrected chi connectivity index (χ1v) is 14.3. The lowest BCUT2D eigenvalue weighted by Crippen LogP contribution is -2.33. The van der Waals surface area contributed by atoms with Gasteiger partial charge in [-0.15, -0.1) is 0 Å². The fourth-order valence-electron chi connectivity index (χ4n) is 2.62. The highest BCUT2D eigenvalue weighted by Crippen LogP contribution is 2.12. The molecule has 0 heterocycles. The molecule has 2 N–H and O–H groups in total. The maximum absolute atomic E-state index is 11.8. The summed E-state index contributed by atoms with van der Waals surface area (Å²) in [6, 6.07) is 1.28. The van der Waals surface area contributed by atoms with Crippen LogP contribution in [-0.2, 0) is 19.0 Å². The zero-order valence-corrected chi connectivity index (χ0v) is 19.6. The van der Waals surface area contributed by atoms with E-state index >= 15 is 0 Å². The summed E-state index contributed by atoms with van der Waals surface area (Å²) in [5.41, 5.74) is 0. The molecule has 0 aliphatic carbocycles. The Hall–Kier alpha value is -1.12. The molecule has 0 bridgehead atoms. The lowest BCUT2D eigenvalue weighted by Gasteiger charge is -2.18. The topological polar surface area (TPSA) is 85.9 Å². The Bertz CT molecular complexity index is 416. The van der Waals surface area contributed by atoms with Gasteiger partial charge in [-0.05, 0) is 32.9 Å². The largest absolute Gasteiger partial charge is 0.456 e. The number of alkyl carbamates (subject to hydrolysis) is 1. The molecule has 28 heavy (non-hydrogen) atoms. The van der Waals surface area contributed by atoms with Crippen molar-refractivity contribution in [1.82, 2.24) is 10.6 Å². The highest BCUT2D eigenvalue weighted by molar-refractivity contribution is 6.76. The van der Waals surface area contributed by atoms with Crippen LogP contribution in [0.4, 0.5) is 4.79 Å². The van der Waals surface area contributed by atoms with Gasteiger partial charge in [-0.3, -0.25) is 4.79 Å². The van der Waals surface area contributed by atoms with Crippen LogP contribution in [0.2, 0.25) is 25.7 Å². The van der Waals surface area contributed by atoms with Crippen molar-refractivity contribution in [3.8, 4) is 0 Å². The Labute approximate surface area is 172 Å². The first kappa shape index (κ1) is 26.9. The van der Waals surface area contributed by atoms with Gasteiger partial charge in [0, 0.05) is 28.1 Å². The number of rotatable bonds is 17. The fourth-order valence-corrected chi connectivity index (χ4v) is 3.93. The summed E-state index contributed by atoms with van der Waals surface area (Å²) in [6.07, 6.45) is 5.37. The number of amides is 1. The van der Waals surface area contributed by atoms with Gasteiger partial charge >= 0.3 is 12.1 Å². The van der Waals surface area contributed by atoms with Gasteiger partial charge in [0.1, 0.15) is 6.61 Å². The van der Waals surface area contributed by atoms with E-state index in [0.29, 0.717) is 13.2 Å². The molecule has 0 saturated heterocycles. The number of esters is 1. The summed E-state index contributed by atoms with van der Waals surface area (Å²) in [7, 11) is 0.943. The van der Waals surface area contributed by atoms with E-state index in [-0.39, 0.29) is 13.2 Å². The van der Waals surface area contributed by atoms with Gasteiger partial charge < -0.3 is 24.8 Å². The second kappa shape index (κ2) is 16.8. The molecule has 1 unspecified atom stereocenters. The highest BCUT2D eigenvalue weighted by Gasteiger charge is 2.16. The molecule has 0 spiro atoms. The van der Waals surface area contributed by atoms with Crippen LogP contribution in [0.15, 0.2) is 0 Å². The number of nitrogens with one attached hydrogen (secondary N) is 2. The van der Waals surface area contributed by atoms with Crippen LogP contribution >= 0.6 is 0 Å². The van der Waals surface area contributed by atoms with E-state index in [1.54, 1.807) is 0 Å². The van der Waals surface area contributed by atoms with Gasteiger partial charge in [-0.25, -0.2) is 4.79 Å². The molecule has 0 saturated carbocycles. The van der Waals surface area contributed by atoms with Crippen molar-refractivity contribution in [2.75, 3.05) is 40.0 Å². The van der Waals surface area contributed by atoms with E-state index in [4.69, 9.17) is 14.2 Å². The van der Waals surface area contributed by atoms with Crippen molar-refractivity contribution >= 4 is 20.1 Å². The quantitative estimate of drug-likeness (QED) is 0.213. The molecule has 0 rings (SSSR count). The van der Waals surface area contributed by atoms with Gasteiger partial charge in [0.15, 0.2) is 6.10 Å². The summed E-state index contributed by atoms with van der Waals surface area (Å²) < 4.78 is 15.9. The van der Waals surface area contributed by atoms with Crippen LogP contribution in [0.3, 0.4) is 0 Å². The van der Waals surface area contributed by atoms with Crippen molar-refractivity contribution in [3.63, 3.8) is 0 Å². The third-order valence-electron chi connectivity index (χ3n) is 4.13. The average molecular weight is 419 g/mol. The minimum absolute atomic E-state index is 0.00247. The van der Waals surface area contributed by atoms with E-state index in [1.807, 2.05) is 7.05 Å². The van der Waals surface area contributed by atoms with Crippen molar-refractivity contribution in [1.29, 1.82) is 0 Å². The van der Waals surface area contributed by atoms with Crippen LogP contribution in [0.25, 0.3) is 0 Å². The summed E-state index contributed by atoms with van der Waals surface area (Å²) in [5, 5.41) is 5.84. The van der Waals surface area contributed by atoms with Crippen LogP contribution < -0.4 is 10.6 Å². The molecule has 8 heteroatoms. The summed E-state index contributed by atoms with van der Waals surface area (Å²) >= 11 is 0. The van der Waals surface area contributed by atoms with Gasteiger partial charge in [-0.2, -0.15) is 0 Å². The second-order valence-electron chi connectivity index (χ2n) is 8.37. The molecule has 7 nitrogen and oxygen atoms in total. The van der Waals surface area contributed by atoms with E-state index in [1.165, 1.54) is 13.0 Å². The minimum Gasteiger partial charge on any atom is -0.456 e. The first-order chi connectivity index (χ1) is 13.2. The molecule has 0 aromatic carbocycles.